The molecule has 122 valence electrons. The summed E-state index contributed by atoms with van der Waals surface area (Å²) in [6, 6.07) is 22.5. The molecular weight excluding hydrogens is 400 g/mol. The van der Waals surface area contributed by atoms with E-state index in [2.05, 4.69) is 21.0 Å². The molecule has 3 nitrogen and oxygen atoms in total. The van der Waals surface area contributed by atoms with Gasteiger partial charge in [0.15, 0.2) is 0 Å². The fourth-order valence-electron chi connectivity index (χ4n) is 2.77. The summed E-state index contributed by atoms with van der Waals surface area (Å²) in [6.07, 6.45) is 0. The SMILES string of the molecule is O=c1c2ccccc2c(-c2ccc(Cl)cc2)nn1-c1ccc(Br)cc1. The van der Waals surface area contributed by atoms with Crippen LogP contribution >= 0.6 is 27.5 Å². The highest BCUT2D eigenvalue weighted by Gasteiger charge is 2.13. The Hall–Kier alpha value is -2.43. The van der Waals surface area contributed by atoms with Crippen LogP contribution in [0.2, 0.25) is 5.02 Å². The van der Waals surface area contributed by atoms with Crippen molar-refractivity contribution < 1.29 is 0 Å². The predicted octanol–water partition coefficient (Wildman–Crippen LogP) is 5.47. The Labute approximate surface area is 157 Å². The molecule has 0 N–H and O–H groups in total. The molecule has 0 bridgehead atoms. The van der Waals surface area contributed by atoms with Crippen molar-refractivity contribution in [2.45, 2.75) is 0 Å². The highest BCUT2D eigenvalue weighted by Crippen LogP contribution is 2.26. The van der Waals surface area contributed by atoms with E-state index in [0.717, 1.165) is 21.1 Å². The molecule has 0 fully saturated rings. The molecule has 5 heteroatoms. The van der Waals surface area contributed by atoms with Crippen LogP contribution in [0.5, 0.6) is 0 Å². The van der Waals surface area contributed by atoms with Crippen LogP contribution < -0.4 is 5.56 Å². The first-order valence-corrected chi connectivity index (χ1v) is 8.84. The molecule has 3 aromatic carbocycles. The molecule has 4 rings (SSSR count). The van der Waals surface area contributed by atoms with E-state index < -0.39 is 0 Å². The van der Waals surface area contributed by atoms with Gasteiger partial charge in [0.1, 0.15) is 0 Å². The van der Waals surface area contributed by atoms with Crippen LogP contribution in [0.4, 0.5) is 0 Å². The van der Waals surface area contributed by atoms with Gasteiger partial charge in [-0.05, 0) is 42.5 Å². The van der Waals surface area contributed by atoms with Crippen molar-refractivity contribution in [2.75, 3.05) is 0 Å². The third kappa shape index (κ3) is 2.99. The van der Waals surface area contributed by atoms with Crippen molar-refractivity contribution in [2.24, 2.45) is 0 Å². The van der Waals surface area contributed by atoms with Crippen LogP contribution in [0.1, 0.15) is 0 Å². The number of hydrogen-bond acceptors (Lipinski definition) is 2. The zero-order chi connectivity index (χ0) is 17.4. The largest absolute Gasteiger partial charge is 0.279 e. The summed E-state index contributed by atoms with van der Waals surface area (Å²) in [5, 5.41) is 6.76. The summed E-state index contributed by atoms with van der Waals surface area (Å²) >= 11 is 9.42. The third-order valence-corrected chi connectivity index (χ3v) is 4.77. The Morgan fingerprint density at radius 3 is 2.16 bits per heavy atom. The van der Waals surface area contributed by atoms with E-state index in [4.69, 9.17) is 11.6 Å². The predicted molar refractivity (Wildman–Crippen MR) is 105 cm³/mol. The minimum Gasteiger partial charge on any atom is -0.267 e. The molecular formula is C20H12BrClN2O. The molecule has 0 radical (unpaired) electrons. The van der Waals surface area contributed by atoms with Crippen molar-refractivity contribution in [1.82, 2.24) is 9.78 Å². The minimum atomic E-state index is -0.143. The van der Waals surface area contributed by atoms with Crippen molar-refractivity contribution >= 4 is 38.3 Å². The number of aromatic nitrogens is 2. The minimum absolute atomic E-state index is 0.143. The van der Waals surface area contributed by atoms with Gasteiger partial charge in [-0.25, -0.2) is 0 Å². The lowest BCUT2D eigenvalue weighted by Gasteiger charge is -2.11. The Kier molecular flexibility index (Phi) is 4.15. The van der Waals surface area contributed by atoms with Crippen LogP contribution in [0.25, 0.3) is 27.7 Å². The summed E-state index contributed by atoms with van der Waals surface area (Å²) < 4.78 is 2.39. The van der Waals surface area contributed by atoms with Gasteiger partial charge in [-0.2, -0.15) is 9.78 Å². The number of halogens is 2. The summed E-state index contributed by atoms with van der Waals surface area (Å²) in [7, 11) is 0. The lowest BCUT2D eigenvalue weighted by atomic mass is 10.1. The second-order valence-corrected chi connectivity index (χ2v) is 6.95. The van der Waals surface area contributed by atoms with Gasteiger partial charge in [0.25, 0.3) is 5.56 Å². The van der Waals surface area contributed by atoms with Crippen molar-refractivity contribution in [3.8, 4) is 16.9 Å². The highest BCUT2D eigenvalue weighted by molar-refractivity contribution is 9.10. The number of hydrogen-bond donors (Lipinski definition) is 0. The van der Waals surface area contributed by atoms with E-state index in [-0.39, 0.29) is 5.56 Å². The van der Waals surface area contributed by atoms with E-state index in [1.54, 1.807) is 0 Å². The highest BCUT2D eigenvalue weighted by atomic mass is 79.9. The fraction of sp³-hybridized carbons (Fsp3) is 0. The lowest BCUT2D eigenvalue weighted by Crippen LogP contribution is -2.22. The molecule has 0 saturated heterocycles. The van der Waals surface area contributed by atoms with E-state index >= 15 is 0 Å². The molecule has 0 aliphatic carbocycles. The fourth-order valence-corrected chi connectivity index (χ4v) is 3.16. The molecule has 0 aliphatic heterocycles. The second kappa shape index (κ2) is 6.47. The molecule has 0 amide bonds. The van der Waals surface area contributed by atoms with Crippen LogP contribution in [0, 0.1) is 0 Å². The maximum absolute atomic E-state index is 12.9. The van der Waals surface area contributed by atoms with Crippen molar-refractivity contribution in [3.05, 3.63) is 92.6 Å². The zero-order valence-electron chi connectivity index (χ0n) is 13.0. The first kappa shape index (κ1) is 16.1. The molecule has 0 unspecified atom stereocenters. The third-order valence-electron chi connectivity index (χ3n) is 3.99. The molecule has 0 aliphatic rings. The van der Waals surface area contributed by atoms with Gasteiger partial charge in [0.2, 0.25) is 0 Å². The van der Waals surface area contributed by atoms with Gasteiger partial charge in [-0.3, -0.25) is 4.79 Å². The number of fused-ring (bicyclic) bond motifs is 1. The zero-order valence-corrected chi connectivity index (χ0v) is 15.3. The Bertz CT molecular complexity index is 1120. The first-order chi connectivity index (χ1) is 12.1. The summed E-state index contributed by atoms with van der Waals surface area (Å²) in [6.45, 7) is 0. The Balaban J connectivity index is 2.05. The van der Waals surface area contributed by atoms with Crippen molar-refractivity contribution in [1.29, 1.82) is 0 Å². The summed E-state index contributed by atoms with van der Waals surface area (Å²) in [5.74, 6) is 0. The van der Waals surface area contributed by atoms with Gasteiger partial charge in [-0.1, -0.05) is 57.9 Å². The maximum Gasteiger partial charge on any atom is 0.279 e. The van der Waals surface area contributed by atoms with E-state index in [1.165, 1.54) is 4.68 Å². The maximum atomic E-state index is 12.9. The lowest BCUT2D eigenvalue weighted by molar-refractivity contribution is 0.826. The molecule has 0 saturated carbocycles. The van der Waals surface area contributed by atoms with Gasteiger partial charge in [0, 0.05) is 20.4 Å². The molecule has 1 heterocycles. The van der Waals surface area contributed by atoms with E-state index in [1.807, 2.05) is 72.8 Å². The quantitative estimate of drug-likeness (QED) is 0.438. The molecule has 0 atom stereocenters. The molecule has 4 aromatic rings. The van der Waals surface area contributed by atoms with E-state index in [0.29, 0.717) is 16.1 Å². The van der Waals surface area contributed by atoms with Gasteiger partial charge >= 0.3 is 0 Å². The summed E-state index contributed by atoms with van der Waals surface area (Å²) in [4.78, 5) is 12.9. The Morgan fingerprint density at radius 2 is 1.48 bits per heavy atom. The van der Waals surface area contributed by atoms with Crippen LogP contribution in [-0.2, 0) is 0 Å². The van der Waals surface area contributed by atoms with Crippen LogP contribution in [-0.4, -0.2) is 9.78 Å². The Morgan fingerprint density at radius 1 is 0.840 bits per heavy atom. The molecule has 25 heavy (non-hydrogen) atoms. The average Bonchev–Trinajstić information content (AvgIpc) is 2.64. The van der Waals surface area contributed by atoms with Crippen LogP contribution in [0.3, 0.4) is 0 Å². The standard InChI is InChI=1S/C20H12BrClN2O/c21-14-7-11-16(12-8-14)24-20(25)18-4-2-1-3-17(18)19(23-24)13-5-9-15(22)10-6-13/h1-12H. The molecule has 1 aromatic heterocycles. The topological polar surface area (TPSA) is 34.9 Å². The number of rotatable bonds is 2. The normalized spacial score (nSPS) is 11.0. The monoisotopic (exact) mass is 410 g/mol. The number of nitrogens with zero attached hydrogens (tertiary/aromatic N) is 2. The number of benzene rings is 3. The van der Waals surface area contributed by atoms with Crippen LogP contribution in [0.15, 0.2) is 82.1 Å². The second-order valence-electron chi connectivity index (χ2n) is 5.59. The van der Waals surface area contributed by atoms with E-state index in [9.17, 15) is 4.79 Å². The molecule has 0 spiro atoms. The van der Waals surface area contributed by atoms with Gasteiger partial charge < -0.3 is 0 Å². The summed E-state index contributed by atoms with van der Waals surface area (Å²) in [5.41, 5.74) is 2.23. The van der Waals surface area contributed by atoms with Gasteiger partial charge in [-0.15, -0.1) is 0 Å². The smallest absolute Gasteiger partial charge is 0.267 e. The van der Waals surface area contributed by atoms with Gasteiger partial charge in [0.05, 0.1) is 16.8 Å². The average molecular weight is 412 g/mol. The first-order valence-electron chi connectivity index (χ1n) is 7.67. The van der Waals surface area contributed by atoms with Crippen molar-refractivity contribution in [3.63, 3.8) is 0 Å².